The van der Waals surface area contributed by atoms with Crippen molar-refractivity contribution in [3.8, 4) is 12.3 Å². The molecule has 14 heavy (non-hydrogen) atoms. The van der Waals surface area contributed by atoms with Crippen molar-refractivity contribution in [2.75, 3.05) is 5.32 Å². The molecule has 5 heteroatoms. The number of hydrogen-bond acceptors (Lipinski definition) is 4. The molecule has 0 radical (unpaired) electrons. The fraction of sp³-hybridized carbons (Fsp3) is 0.222. The van der Waals surface area contributed by atoms with Gasteiger partial charge in [0.25, 0.3) is 0 Å². The largest absolute Gasteiger partial charge is 0.480 e. The monoisotopic (exact) mass is 191 g/mol. The van der Waals surface area contributed by atoms with E-state index in [0.29, 0.717) is 5.82 Å². The van der Waals surface area contributed by atoms with Crippen LogP contribution in [0, 0.1) is 12.3 Å². The number of hydrogen-bond donors (Lipinski definition) is 2. The smallest absolute Gasteiger partial charge is 0.327 e. The van der Waals surface area contributed by atoms with Crippen LogP contribution in [0.1, 0.15) is 6.42 Å². The molecule has 0 bridgehead atoms. The third-order valence-electron chi connectivity index (χ3n) is 1.52. The molecule has 1 rings (SSSR count). The molecule has 1 heterocycles. The van der Waals surface area contributed by atoms with Gasteiger partial charge in [0, 0.05) is 12.6 Å². The van der Waals surface area contributed by atoms with Crippen LogP contribution in [0.3, 0.4) is 0 Å². The highest BCUT2D eigenvalue weighted by molar-refractivity contribution is 5.77. The van der Waals surface area contributed by atoms with E-state index in [1.807, 2.05) is 0 Å². The number of rotatable bonds is 4. The van der Waals surface area contributed by atoms with Crippen molar-refractivity contribution in [2.24, 2.45) is 0 Å². The first-order chi connectivity index (χ1) is 6.74. The topological polar surface area (TPSA) is 75.1 Å². The molecule has 72 valence electrons. The molecule has 0 saturated heterocycles. The predicted octanol–water partition coefficient (Wildman–Crippen LogP) is 0.365. The van der Waals surface area contributed by atoms with Crippen molar-refractivity contribution in [3.05, 3.63) is 18.6 Å². The Balaban J connectivity index is 2.66. The third-order valence-corrected chi connectivity index (χ3v) is 1.52. The van der Waals surface area contributed by atoms with Crippen LogP contribution < -0.4 is 5.32 Å². The molecule has 0 fully saturated rings. The number of nitrogens with one attached hydrogen (secondary N) is 1. The van der Waals surface area contributed by atoms with Crippen LogP contribution in [-0.4, -0.2) is 27.1 Å². The maximum Gasteiger partial charge on any atom is 0.327 e. The van der Waals surface area contributed by atoms with E-state index in [4.69, 9.17) is 11.5 Å². The molecule has 0 aliphatic rings. The van der Waals surface area contributed by atoms with Gasteiger partial charge in [-0.25, -0.2) is 14.8 Å². The molecule has 0 spiro atoms. The summed E-state index contributed by atoms with van der Waals surface area (Å²) in [6.45, 7) is 0. The van der Waals surface area contributed by atoms with Gasteiger partial charge in [-0.1, -0.05) is 0 Å². The van der Waals surface area contributed by atoms with E-state index < -0.39 is 12.0 Å². The summed E-state index contributed by atoms with van der Waals surface area (Å²) < 4.78 is 0. The molecule has 0 aliphatic heterocycles. The number of terminal acetylenes is 1. The zero-order valence-corrected chi connectivity index (χ0v) is 7.34. The standard InChI is InChI=1S/C9H9N3O2/c1-2-3-7(9(13)14)12-8-4-5-10-6-11-8/h1,4-7H,3H2,(H,13,14)(H,10,11,12). The van der Waals surface area contributed by atoms with Gasteiger partial charge in [0.1, 0.15) is 18.2 Å². The van der Waals surface area contributed by atoms with Crippen molar-refractivity contribution >= 4 is 11.8 Å². The van der Waals surface area contributed by atoms with Gasteiger partial charge in [-0.2, -0.15) is 0 Å². The van der Waals surface area contributed by atoms with Gasteiger partial charge in [0.2, 0.25) is 0 Å². The highest BCUT2D eigenvalue weighted by Crippen LogP contribution is 2.03. The van der Waals surface area contributed by atoms with E-state index in [9.17, 15) is 4.79 Å². The van der Waals surface area contributed by atoms with Crippen LogP contribution >= 0.6 is 0 Å². The second-order valence-electron chi connectivity index (χ2n) is 2.54. The van der Waals surface area contributed by atoms with Crippen molar-refractivity contribution in [1.82, 2.24) is 9.97 Å². The van der Waals surface area contributed by atoms with Crippen LogP contribution in [0.4, 0.5) is 5.82 Å². The fourth-order valence-corrected chi connectivity index (χ4v) is 0.873. The Bertz CT molecular complexity index is 345. The molecule has 0 aromatic carbocycles. The number of aliphatic carboxylic acids is 1. The summed E-state index contributed by atoms with van der Waals surface area (Å²) in [7, 11) is 0. The van der Waals surface area contributed by atoms with E-state index in [1.54, 1.807) is 6.07 Å². The van der Waals surface area contributed by atoms with Gasteiger partial charge in [-0.3, -0.25) is 0 Å². The maximum absolute atomic E-state index is 10.7. The van der Waals surface area contributed by atoms with E-state index >= 15 is 0 Å². The Morgan fingerprint density at radius 2 is 2.57 bits per heavy atom. The maximum atomic E-state index is 10.7. The average molecular weight is 191 g/mol. The minimum absolute atomic E-state index is 0.110. The lowest BCUT2D eigenvalue weighted by Gasteiger charge is -2.11. The molecule has 2 N–H and O–H groups in total. The van der Waals surface area contributed by atoms with E-state index in [0.717, 1.165) is 0 Å². The number of carboxylic acid groups (broad SMARTS) is 1. The van der Waals surface area contributed by atoms with Crippen molar-refractivity contribution in [3.63, 3.8) is 0 Å². The van der Waals surface area contributed by atoms with E-state index in [2.05, 4.69) is 21.2 Å². The number of carbonyl (C=O) groups is 1. The van der Waals surface area contributed by atoms with Gasteiger partial charge in [-0.05, 0) is 6.07 Å². The highest BCUT2D eigenvalue weighted by Gasteiger charge is 2.15. The summed E-state index contributed by atoms with van der Waals surface area (Å²) in [4.78, 5) is 18.2. The highest BCUT2D eigenvalue weighted by atomic mass is 16.4. The molecule has 1 aromatic heterocycles. The first-order valence-electron chi connectivity index (χ1n) is 3.93. The van der Waals surface area contributed by atoms with Gasteiger partial charge < -0.3 is 10.4 Å². The summed E-state index contributed by atoms with van der Waals surface area (Å²) in [6.07, 6.45) is 7.99. The zero-order chi connectivity index (χ0) is 10.4. The molecule has 1 aromatic rings. The number of aromatic nitrogens is 2. The van der Waals surface area contributed by atoms with Crippen LogP contribution in [-0.2, 0) is 4.79 Å². The number of anilines is 1. The summed E-state index contributed by atoms with van der Waals surface area (Å²) in [5.74, 6) is 1.73. The molecule has 5 nitrogen and oxygen atoms in total. The van der Waals surface area contributed by atoms with Crippen LogP contribution in [0.2, 0.25) is 0 Å². The molecular weight excluding hydrogens is 182 g/mol. The fourth-order valence-electron chi connectivity index (χ4n) is 0.873. The SMILES string of the molecule is C#CCC(Nc1ccncn1)C(=O)O. The van der Waals surface area contributed by atoms with E-state index in [1.165, 1.54) is 12.5 Å². The lowest BCUT2D eigenvalue weighted by Crippen LogP contribution is -2.29. The molecule has 0 saturated carbocycles. The second kappa shape index (κ2) is 4.82. The first kappa shape index (κ1) is 9.99. The first-order valence-corrected chi connectivity index (χ1v) is 3.93. The van der Waals surface area contributed by atoms with Crippen molar-refractivity contribution < 1.29 is 9.90 Å². The van der Waals surface area contributed by atoms with Gasteiger partial charge in [0.15, 0.2) is 0 Å². The van der Waals surface area contributed by atoms with Gasteiger partial charge in [0.05, 0.1) is 0 Å². The number of nitrogens with zero attached hydrogens (tertiary/aromatic N) is 2. The lowest BCUT2D eigenvalue weighted by molar-refractivity contribution is -0.137. The summed E-state index contributed by atoms with van der Waals surface area (Å²) in [5.41, 5.74) is 0. The lowest BCUT2D eigenvalue weighted by atomic mass is 10.2. The Kier molecular flexibility index (Phi) is 3.44. The van der Waals surface area contributed by atoms with Gasteiger partial charge >= 0.3 is 5.97 Å². The Morgan fingerprint density at radius 3 is 3.07 bits per heavy atom. The molecule has 0 amide bonds. The average Bonchev–Trinajstić information content (AvgIpc) is 2.18. The van der Waals surface area contributed by atoms with Crippen LogP contribution in [0.15, 0.2) is 18.6 Å². The second-order valence-corrected chi connectivity index (χ2v) is 2.54. The summed E-state index contributed by atoms with van der Waals surface area (Å²) in [5, 5.41) is 11.5. The molecular formula is C9H9N3O2. The van der Waals surface area contributed by atoms with Crippen molar-refractivity contribution in [1.29, 1.82) is 0 Å². The van der Waals surface area contributed by atoms with Crippen LogP contribution in [0.25, 0.3) is 0 Å². The van der Waals surface area contributed by atoms with E-state index in [-0.39, 0.29) is 6.42 Å². The number of carboxylic acids is 1. The zero-order valence-electron chi connectivity index (χ0n) is 7.34. The Hall–Kier alpha value is -2.09. The predicted molar refractivity (Wildman–Crippen MR) is 50.5 cm³/mol. The normalized spacial score (nSPS) is 11.4. The van der Waals surface area contributed by atoms with Crippen molar-refractivity contribution in [2.45, 2.75) is 12.5 Å². The summed E-state index contributed by atoms with van der Waals surface area (Å²) in [6, 6.07) is 0.766. The third kappa shape index (κ3) is 2.75. The minimum Gasteiger partial charge on any atom is -0.480 e. The molecule has 0 aliphatic carbocycles. The minimum atomic E-state index is -0.999. The Morgan fingerprint density at radius 1 is 1.79 bits per heavy atom. The van der Waals surface area contributed by atoms with Crippen LogP contribution in [0.5, 0.6) is 0 Å². The Labute approximate surface area is 81.2 Å². The molecule has 1 atom stereocenters. The summed E-state index contributed by atoms with van der Waals surface area (Å²) >= 11 is 0. The quantitative estimate of drug-likeness (QED) is 0.672. The molecule has 1 unspecified atom stereocenters. The van der Waals surface area contributed by atoms with Gasteiger partial charge in [-0.15, -0.1) is 12.3 Å².